The van der Waals surface area contributed by atoms with Gasteiger partial charge in [0.1, 0.15) is 12.6 Å². The molecule has 0 aromatic heterocycles. The molecule has 1 saturated heterocycles. The van der Waals surface area contributed by atoms with E-state index in [-0.39, 0.29) is 18.1 Å². The number of carboxylic acids is 1. The lowest BCUT2D eigenvalue weighted by Gasteiger charge is -2.59. The number of ether oxygens (including phenoxy) is 1. The van der Waals surface area contributed by atoms with Gasteiger partial charge in [-0.05, 0) is 66.0 Å². The van der Waals surface area contributed by atoms with Gasteiger partial charge in [0.15, 0.2) is 0 Å². The normalized spacial score (nSPS) is 21.7. The molecule has 1 heterocycles. The highest BCUT2D eigenvalue weighted by atomic mass is 16.5. The number of fused-ring (bicyclic) bond motifs is 4. The zero-order valence-electron chi connectivity index (χ0n) is 23.6. The summed E-state index contributed by atoms with van der Waals surface area (Å²) in [5, 5.41) is 15.1. The van der Waals surface area contributed by atoms with Crippen molar-refractivity contribution in [2.24, 2.45) is 5.92 Å². The molecule has 3 aromatic carbocycles. The fourth-order valence-electron chi connectivity index (χ4n) is 7.18. The SMILES string of the molecule is O=C(O)CC(NC(=O)OCC1c2ccccc2-c2ccccc21)C(=O)NCC12CCC1CCCN2Cc1ccccc1. The number of hydrogen-bond acceptors (Lipinski definition) is 5. The minimum absolute atomic E-state index is 0.0838. The predicted molar refractivity (Wildman–Crippen MR) is 159 cm³/mol. The molecular formula is C34H37N3O5. The van der Waals surface area contributed by atoms with Crippen LogP contribution in [0.25, 0.3) is 11.1 Å². The largest absolute Gasteiger partial charge is 0.481 e. The maximum absolute atomic E-state index is 13.3. The summed E-state index contributed by atoms with van der Waals surface area (Å²) in [5.41, 5.74) is 5.46. The van der Waals surface area contributed by atoms with Gasteiger partial charge in [0.05, 0.1) is 6.42 Å². The molecule has 2 aliphatic carbocycles. The van der Waals surface area contributed by atoms with Crippen LogP contribution in [0.2, 0.25) is 0 Å². The van der Waals surface area contributed by atoms with Gasteiger partial charge in [-0.3, -0.25) is 14.5 Å². The topological polar surface area (TPSA) is 108 Å². The second-order valence-corrected chi connectivity index (χ2v) is 11.7. The van der Waals surface area contributed by atoms with Gasteiger partial charge in [-0.25, -0.2) is 4.79 Å². The number of aliphatic carboxylic acids is 1. The van der Waals surface area contributed by atoms with Crippen LogP contribution in [0, 0.1) is 5.92 Å². The van der Waals surface area contributed by atoms with Crippen molar-refractivity contribution in [1.82, 2.24) is 15.5 Å². The van der Waals surface area contributed by atoms with Crippen molar-refractivity contribution in [2.75, 3.05) is 19.7 Å². The minimum atomic E-state index is -1.24. The molecule has 3 aromatic rings. The van der Waals surface area contributed by atoms with E-state index in [1.54, 1.807) is 0 Å². The molecule has 0 bridgehead atoms. The molecule has 3 atom stereocenters. The standard InChI is InChI=1S/C34H37N3O5/c38-31(39)19-30(36-33(41)42-21-29-27-14-6-4-12-25(27)26-13-5-7-15-28(26)29)32(40)35-22-34-17-16-24(34)11-8-18-37(34)20-23-9-2-1-3-10-23/h1-7,9-10,12-15,24,29-30H,8,11,16-22H2,(H,35,40)(H,36,41)(H,38,39). The average molecular weight is 568 g/mol. The number of rotatable bonds is 10. The number of carboxylic acid groups (broad SMARTS) is 1. The number of likely N-dealkylation sites (tertiary alicyclic amines) is 1. The Morgan fingerprint density at radius 2 is 1.60 bits per heavy atom. The molecule has 218 valence electrons. The second kappa shape index (κ2) is 12.0. The molecule has 6 rings (SSSR count). The van der Waals surface area contributed by atoms with Crippen LogP contribution >= 0.6 is 0 Å². The number of carbonyl (C=O) groups is 3. The number of nitrogens with zero attached hydrogens (tertiary/aromatic N) is 1. The molecule has 2 amide bonds. The molecule has 0 radical (unpaired) electrons. The van der Waals surface area contributed by atoms with Crippen LogP contribution in [-0.4, -0.2) is 59.3 Å². The van der Waals surface area contributed by atoms with Gasteiger partial charge in [-0.15, -0.1) is 0 Å². The highest BCUT2D eigenvalue weighted by molar-refractivity contribution is 5.89. The van der Waals surface area contributed by atoms with Gasteiger partial charge >= 0.3 is 12.1 Å². The Morgan fingerprint density at radius 1 is 0.929 bits per heavy atom. The van der Waals surface area contributed by atoms with E-state index in [0.29, 0.717) is 12.5 Å². The minimum Gasteiger partial charge on any atom is -0.481 e. The summed E-state index contributed by atoms with van der Waals surface area (Å²) < 4.78 is 5.60. The summed E-state index contributed by atoms with van der Waals surface area (Å²) in [7, 11) is 0. The van der Waals surface area contributed by atoms with E-state index < -0.39 is 30.4 Å². The molecular weight excluding hydrogens is 530 g/mol. The van der Waals surface area contributed by atoms with Crippen LogP contribution in [0.4, 0.5) is 4.79 Å². The zero-order valence-corrected chi connectivity index (χ0v) is 23.6. The second-order valence-electron chi connectivity index (χ2n) is 11.7. The summed E-state index contributed by atoms with van der Waals surface area (Å²) in [4.78, 5) is 40.3. The lowest BCUT2D eigenvalue weighted by molar-refractivity contribution is -0.140. The third kappa shape index (κ3) is 5.51. The predicted octanol–water partition coefficient (Wildman–Crippen LogP) is 4.93. The quantitative estimate of drug-likeness (QED) is 0.321. The Hall–Kier alpha value is -4.17. The first-order chi connectivity index (χ1) is 20.4. The molecule has 0 spiro atoms. The molecule has 3 aliphatic rings. The summed E-state index contributed by atoms with van der Waals surface area (Å²) in [6.45, 7) is 2.27. The fraction of sp³-hybridized carbons (Fsp3) is 0.382. The van der Waals surface area contributed by atoms with Gasteiger partial charge in [-0.1, -0.05) is 78.9 Å². The van der Waals surface area contributed by atoms with Gasteiger partial charge in [0, 0.05) is 24.5 Å². The number of nitrogens with one attached hydrogen (secondary N) is 2. The first-order valence-electron chi connectivity index (χ1n) is 14.8. The molecule has 1 saturated carbocycles. The lowest BCUT2D eigenvalue weighted by atomic mass is 9.61. The van der Waals surface area contributed by atoms with Crippen molar-refractivity contribution < 1.29 is 24.2 Å². The number of benzene rings is 3. The smallest absolute Gasteiger partial charge is 0.407 e. The summed E-state index contributed by atoms with van der Waals surface area (Å²) in [6.07, 6.45) is 3.02. The van der Waals surface area contributed by atoms with Gasteiger partial charge < -0.3 is 20.5 Å². The molecule has 1 aliphatic heterocycles. The third-order valence-electron chi connectivity index (χ3n) is 9.41. The Labute approximate surface area is 246 Å². The van der Waals surface area contributed by atoms with E-state index in [9.17, 15) is 19.5 Å². The number of alkyl carbamates (subject to hydrolysis) is 1. The average Bonchev–Trinajstić information content (AvgIpc) is 3.30. The van der Waals surface area contributed by atoms with Crippen LogP contribution in [0.1, 0.15) is 54.7 Å². The zero-order chi connectivity index (χ0) is 29.1. The number of hydrogen-bond donors (Lipinski definition) is 3. The monoisotopic (exact) mass is 567 g/mol. The van der Waals surface area contributed by atoms with Crippen molar-refractivity contribution in [2.45, 2.75) is 56.1 Å². The lowest BCUT2D eigenvalue weighted by Crippen LogP contribution is -2.68. The summed E-state index contributed by atoms with van der Waals surface area (Å²) in [6, 6.07) is 25.2. The van der Waals surface area contributed by atoms with Crippen molar-refractivity contribution >= 4 is 18.0 Å². The van der Waals surface area contributed by atoms with Crippen molar-refractivity contribution in [1.29, 1.82) is 0 Å². The van der Waals surface area contributed by atoms with E-state index in [0.717, 1.165) is 61.0 Å². The van der Waals surface area contributed by atoms with Crippen LogP contribution < -0.4 is 10.6 Å². The van der Waals surface area contributed by atoms with E-state index in [4.69, 9.17) is 4.74 Å². The Balaban J connectivity index is 1.09. The summed E-state index contributed by atoms with van der Waals surface area (Å²) in [5.74, 6) is -1.32. The molecule has 3 N–H and O–H groups in total. The number of piperidine rings is 1. The van der Waals surface area contributed by atoms with E-state index in [1.165, 1.54) is 5.56 Å². The fourth-order valence-corrected chi connectivity index (χ4v) is 7.18. The Morgan fingerprint density at radius 3 is 2.24 bits per heavy atom. The Kier molecular flexibility index (Phi) is 7.98. The van der Waals surface area contributed by atoms with Crippen molar-refractivity contribution in [3.8, 4) is 11.1 Å². The molecule has 8 heteroatoms. The van der Waals surface area contributed by atoms with Crippen LogP contribution in [0.3, 0.4) is 0 Å². The van der Waals surface area contributed by atoms with Gasteiger partial charge in [0.25, 0.3) is 0 Å². The first-order valence-corrected chi connectivity index (χ1v) is 14.8. The number of carbonyl (C=O) groups excluding carboxylic acids is 2. The van der Waals surface area contributed by atoms with E-state index >= 15 is 0 Å². The highest BCUT2D eigenvalue weighted by Gasteiger charge is 2.52. The third-order valence-corrected chi connectivity index (χ3v) is 9.41. The maximum Gasteiger partial charge on any atom is 0.407 e. The van der Waals surface area contributed by atoms with Crippen LogP contribution in [0.5, 0.6) is 0 Å². The molecule has 2 fully saturated rings. The van der Waals surface area contributed by atoms with Gasteiger partial charge in [-0.2, -0.15) is 0 Å². The number of amides is 2. The highest BCUT2D eigenvalue weighted by Crippen LogP contribution is 2.49. The van der Waals surface area contributed by atoms with Gasteiger partial charge in [0.2, 0.25) is 5.91 Å². The van der Waals surface area contributed by atoms with Crippen LogP contribution in [-0.2, 0) is 20.9 Å². The molecule has 8 nitrogen and oxygen atoms in total. The molecule has 3 unspecified atom stereocenters. The van der Waals surface area contributed by atoms with Crippen LogP contribution in [0.15, 0.2) is 78.9 Å². The summed E-state index contributed by atoms with van der Waals surface area (Å²) >= 11 is 0. The van der Waals surface area contributed by atoms with Crippen molar-refractivity contribution in [3.63, 3.8) is 0 Å². The van der Waals surface area contributed by atoms with E-state index in [2.05, 4.69) is 39.8 Å². The Bertz CT molecular complexity index is 1410. The molecule has 42 heavy (non-hydrogen) atoms. The maximum atomic E-state index is 13.3. The van der Waals surface area contributed by atoms with Crippen molar-refractivity contribution in [3.05, 3.63) is 95.6 Å². The van der Waals surface area contributed by atoms with E-state index in [1.807, 2.05) is 54.6 Å². The first kappa shape index (κ1) is 28.0.